The molecule has 2 rings (SSSR count). The Kier molecular flexibility index (Phi) is 5.88. The summed E-state index contributed by atoms with van der Waals surface area (Å²) >= 11 is 0. The quantitative estimate of drug-likeness (QED) is 0.759. The number of aliphatic hydroxyl groups is 1. The van der Waals surface area contributed by atoms with E-state index in [-0.39, 0.29) is 24.1 Å². The highest BCUT2D eigenvalue weighted by atomic mass is 16.5. The van der Waals surface area contributed by atoms with Crippen molar-refractivity contribution in [3.8, 4) is 5.75 Å². The number of amides is 2. The number of carbonyl (C=O) groups is 1. The molecule has 0 unspecified atom stereocenters. The van der Waals surface area contributed by atoms with Crippen molar-refractivity contribution in [3.05, 3.63) is 29.8 Å². The van der Waals surface area contributed by atoms with Crippen LogP contribution in [0.5, 0.6) is 5.75 Å². The van der Waals surface area contributed by atoms with Gasteiger partial charge in [-0.05, 0) is 42.4 Å². The molecule has 0 saturated carbocycles. The lowest BCUT2D eigenvalue weighted by atomic mass is 9.89. The number of nitrogens with one attached hydrogen (secondary N) is 1. The predicted octanol–water partition coefficient (Wildman–Crippen LogP) is 2.95. The van der Waals surface area contributed by atoms with E-state index in [1.807, 2.05) is 43.0 Å². The molecule has 0 aromatic heterocycles. The molecule has 1 heterocycles. The van der Waals surface area contributed by atoms with Gasteiger partial charge in [0.05, 0.1) is 13.2 Å². The average Bonchev–Trinajstić information content (AvgIpc) is 2.51. The minimum atomic E-state index is -0.0788. The smallest absolute Gasteiger partial charge is 0.317 e. The summed E-state index contributed by atoms with van der Waals surface area (Å²) in [6, 6.07) is 8.03. The normalized spacial score (nSPS) is 17.6. The highest BCUT2D eigenvalue weighted by Crippen LogP contribution is 2.34. The Morgan fingerprint density at radius 2 is 2.26 bits per heavy atom. The second kappa shape index (κ2) is 7.68. The number of hydrogen-bond acceptors (Lipinski definition) is 3. The molecule has 23 heavy (non-hydrogen) atoms. The SMILES string of the molecule is COc1cccc([C@@H]2CCN2C(=O)NCCCC(C)(C)CO)c1. The topological polar surface area (TPSA) is 61.8 Å². The molecule has 1 fully saturated rings. The third-order valence-electron chi connectivity index (χ3n) is 4.49. The van der Waals surface area contributed by atoms with Crippen molar-refractivity contribution in [1.82, 2.24) is 10.2 Å². The van der Waals surface area contributed by atoms with Crippen molar-refractivity contribution in [2.24, 2.45) is 5.41 Å². The van der Waals surface area contributed by atoms with Gasteiger partial charge in [-0.2, -0.15) is 0 Å². The zero-order chi connectivity index (χ0) is 16.9. The van der Waals surface area contributed by atoms with Gasteiger partial charge in [0.1, 0.15) is 5.75 Å². The maximum Gasteiger partial charge on any atom is 0.317 e. The number of rotatable bonds is 7. The van der Waals surface area contributed by atoms with Gasteiger partial charge in [-0.25, -0.2) is 4.79 Å². The Bertz CT molecular complexity index is 531. The van der Waals surface area contributed by atoms with E-state index in [9.17, 15) is 9.90 Å². The lowest BCUT2D eigenvalue weighted by molar-refractivity contribution is 0.114. The molecule has 1 aromatic carbocycles. The van der Waals surface area contributed by atoms with E-state index in [2.05, 4.69) is 5.32 Å². The van der Waals surface area contributed by atoms with Gasteiger partial charge in [0.15, 0.2) is 0 Å². The number of urea groups is 1. The van der Waals surface area contributed by atoms with Gasteiger partial charge in [0.2, 0.25) is 0 Å². The molecule has 128 valence electrons. The van der Waals surface area contributed by atoms with Crippen molar-refractivity contribution in [3.63, 3.8) is 0 Å². The van der Waals surface area contributed by atoms with Crippen LogP contribution in [-0.2, 0) is 0 Å². The van der Waals surface area contributed by atoms with Crippen LogP contribution in [-0.4, -0.2) is 42.8 Å². The van der Waals surface area contributed by atoms with Crippen LogP contribution in [0.15, 0.2) is 24.3 Å². The molecule has 2 amide bonds. The molecular weight excluding hydrogens is 292 g/mol. The van der Waals surface area contributed by atoms with Crippen LogP contribution >= 0.6 is 0 Å². The molecule has 1 aromatic rings. The summed E-state index contributed by atoms with van der Waals surface area (Å²) in [7, 11) is 1.65. The Balaban J connectivity index is 1.81. The van der Waals surface area contributed by atoms with Crippen LogP contribution in [0.2, 0.25) is 0 Å². The lowest BCUT2D eigenvalue weighted by Crippen LogP contribution is -2.50. The Hall–Kier alpha value is -1.75. The molecule has 1 atom stereocenters. The zero-order valence-electron chi connectivity index (χ0n) is 14.3. The second-order valence-electron chi connectivity index (χ2n) is 6.93. The molecule has 1 aliphatic heterocycles. The molecule has 1 aliphatic rings. The maximum absolute atomic E-state index is 12.3. The van der Waals surface area contributed by atoms with E-state index in [1.165, 1.54) is 0 Å². The fourth-order valence-electron chi connectivity index (χ4n) is 2.77. The largest absolute Gasteiger partial charge is 0.497 e. The monoisotopic (exact) mass is 320 g/mol. The first-order valence-electron chi connectivity index (χ1n) is 8.26. The number of likely N-dealkylation sites (tertiary alicyclic amines) is 1. The fourth-order valence-corrected chi connectivity index (χ4v) is 2.77. The van der Waals surface area contributed by atoms with Gasteiger partial charge in [-0.15, -0.1) is 0 Å². The highest BCUT2D eigenvalue weighted by molar-refractivity contribution is 5.75. The van der Waals surface area contributed by atoms with Crippen molar-refractivity contribution in [1.29, 1.82) is 0 Å². The first kappa shape index (κ1) is 17.6. The first-order chi connectivity index (χ1) is 11.0. The molecule has 0 aliphatic carbocycles. The van der Waals surface area contributed by atoms with Crippen LogP contribution in [0.1, 0.15) is 44.7 Å². The van der Waals surface area contributed by atoms with Gasteiger partial charge in [0.25, 0.3) is 0 Å². The summed E-state index contributed by atoms with van der Waals surface area (Å²) in [4.78, 5) is 14.2. The average molecular weight is 320 g/mol. The Morgan fingerprint density at radius 1 is 1.48 bits per heavy atom. The Labute approximate surface area is 138 Å². The first-order valence-corrected chi connectivity index (χ1v) is 8.26. The molecule has 5 nitrogen and oxygen atoms in total. The van der Waals surface area contributed by atoms with Crippen molar-refractivity contribution in [2.45, 2.75) is 39.2 Å². The number of methoxy groups -OCH3 is 1. The second-order valence-corrected chi connectivity index (χ2v) is 6.93. The number of benzene rings is 1. The number of carbonyl (C=O) groups excluding carboxylic acids is 1. The predicted molar refractivity (Wildman–Crippen MR) is 90.6 cm³/mol. The summed E-state index contributed by atoms with van der Waals surface area (Å²) in [6.45, 7) is 5.66. The molecule has 1 saturated heterocycles. The fraction of sp³-hybridized carbons (Fsp3) is 0.611. The zero-order valence-corrected chi connectivity index (χ0v) is 14.3. The summed E-state index contributed by atoms with van der Waals surface area (Å²) in [6.07, 6.45) is 2.75. The Morgan fingerprint density at radius 3 is 2.87 bits per heavy atom. The van der Waals surface area contributed by atoms with E-state index in [1.54, 1.807) is 7.11 Å². The summed E-state index contributed by atoms with van der Waals surface area (Å²) in [5.74, 6) is 0.820. The maximum atomic E-state index is 12.3. The molecule has 2 N–H and O–H groups in total. The number of aliphatic hydroxyl groups excluding tert-OH is 1. The lowest BCUT2D eigenvalue weighted by Gasteiger charge is -2.41. The van der Waals surface area contributed by atoms with Crippen LogP contribution in [0.4, 0.5) is 4.79 Å². The molecule has 0 radical (unpaired) electrons. The van der Waals surface area contributed by atoms with Crippen molar-refractivity contribution >= 4 is 6.03 Å². The molecule has 5 heteroatoms. The van der Waals surface area contributed by atoms with Gasteiger partial charge in [-0.3, -0.25) is 0 Å². The number of hydrogen-bond donors (Lipinski definition) is 2. The van der Waals surface area contributed by atoms with Gasteiger partial charge in [0, 0.05) is 19.7 Å². The number of nitrogens with zero attached hydrogens (tertiary/aromatic N) is 1. The summed E-state index contributed by atoms with van der Waals surface area (Å²) < 4.78 is 5.25. The van der Waals surface area contributed by atoms with E-state index in [4.69, 9.17) is 4.74 Å². The van der Waals surface area contributed by atoms with Crippen LogP contribution in [0.25, 0.3) is 0 Å². The molecule has 0 bridgehead atoms. The van der Waals surface area contributed by atoms with Crippen LogP contribution in [0, 0.1) is 5.41 Å². The van der Waals surface area contributed by atoms with Gasteiger partial charge >= 0.3 is 6.03 Å². The van der Waals surface area contributed by atoms with Crippen molar-refractivity contribution in [2.75, 3.05) is 26.8 Å². The standard InChI is InChI=1S/C18H28N2O3/c1-18(2,13-21)9-5-10-19-17(22)20-11-8-16(20)14-6-4-7-15(12-14)23-3/h4,6-7,12,16,21H,5,8-11,13H2,1-3H3,(H,19,22)/t16-/m0/s1. The van der Waals surface area contributed by atoms with Crippen LogP contribution in [0.3, 0.4) is 0 Å². The third kappa shape index (κ3) is 4.61. The minimum absolute atomic E-state index is 0.00845. The van der Waals surface area contributed by atoms with Gasteiger partial charge < -0.3 is 20.1 Å². The third-order valence-corrected chi connectivity index (χ3v) is 4.49. The highest BCUT2D eigenvalue weighted by Gasteiger charge is 2.33. The van der Waals surface area contributed by atoms with Crippen molar-refractivity contribution < 1.29 is 14.6 Å². The molecular formula is C18H28N2O3. The summed E-state index contributed by atoms with van der Waals surface area (Å²) in [5.41, 5.74) is 1.04. The van der Waals surface area contributed by atoms with E-state index in [0.29, 0.717) is 6.54 Å². The van der Waals surface area contributed by atoms with E-state index < -0.39 is 0 Å². The minimum Gasteiger partial charge on any atom is -0.497 e. The van der Waals surface area contributed by atoms with Gasteiger partial charge in [-0.1, -0.05) is 26.0 Å². The van der Waals surface area contributed by atoms with Crippen LogP contribution < -0.4 is 10.1 Å². The summed E-state index contributed by atoms with van der Waals surface area (Å²) in [5, 5.41) is 12.2. The number of ether oxygens (including phenoxy) is 1. The van der Waals surface area contributed by atoms with E-state index >= 15 is 0 Å². The molecule has 0 spiro atoms. The van der Waals surface area contributed by atoms with E-state index in [0.717, 1.165) is 37.1 Å².